The lowest BCUT2D eigenvalue weighted by Crippen LogP contribution is -2.25. The van der Waals surface area contributed by atoms with E-state index in [0.717, 1.165) is 22.0 Å². The molecule has 0 saturated carbocycles. The molecule has 0 bridgehead atoms. The molecule has 118 valence electrons. The highest BCUT2D eigenvalue weighted by molar-refractivity contribution is 14.1. The molecule has 0 aliphatic rings. The van der Waals surface area contributed by atoms with Crippen LogP contribution in [0.15, 0.2) is 29.8 Å². The van der Waals surface area contributed by atoms with Crippen LogP contribution in [0.25, 0.3) is 6.08 Å². The van der Waals surface area contributed by atoms with E-state index in [4.69, 9.17) is 5.26 Å². The Balaban J connectivity index is 2.43. The number of hydrogen-bond donors (Lipinski definition) is 1. The first-order valence-corrected chi connectivity index (χ1v) is 8.91. The van der Waals surface area contributed by atoms with Crippen molar-refractivity contribution in [2.75, 3.05) is 6.54 Å². The number of halogens is 1. The van der Waals surface area contributed by atoms with Crippen LogP contribution >= 0.6 is 22.6 Å². The Morgan fingerprint density at radius 3 is 2.59 bits per heavy atom. The van der Waals surface area contributed by atoms with Crippen LogP contribution in [0.4, 0.5) is 0 Å². The zero-order valence-electron chi connectivity index (χ0n) is 13.1. The smallest absolute Gasteiger partial charge is 0.261 e. The van der Waals surface area contributed by atoms with Crippen LogP contribution < -0.4 is 5.32 Å². The second-order valence-electron chi connectivity index (χ2n) is 5.21. The summed E-state index contributed by atoms with van der Waals surface area (Å²) in [5.74, 6) is -0.282. The highest BCUT2D eigenvalue weighted by Gasteiger charge is 2.09. The number of carbonyl (C=O) groups is 1. The van der Waals surface area contributed by atoms with E-state index in [1.807, 2.05) is 30.3 Å². The predicted octanol–water partition coefficient (Wildman–Crippen LogP) is 4.67. The molecule has 22 heavy (non-hydrogen) atoms. The van der Waals surface area contributed by atoms with Crippen molar-refractivity contribution in [2.45, 2.75) is 45.4 Å². The van der Waals surface area contributed by atoms with E-state index in [9.17, 15) is 4.79 Å². The van der Waals surface area contributed by atoms with Gasteiger partial charge in [0.05, 0.1) is 0 Å². The lowest BCUT2D eigenvalue weighted by Gasteiger charge is -2.05. The average Bonchev–Trinajstić information content (AvgIpc) is 2.53. The molecule has 4 heteroatoms. The van der Waals surface area contributed by atoms with Gasteiger partial charge in [0.1, 0.15) is 11.6 Å². The number of benzene rings is 1. The van der Waals surface area contributed by atoms with E-state index in [1.54, 1.807) is 6.08 Å². The van der Waals surface area contributed by atoms with Gasteiger partial charge in [-0.1, -0.05) is 57.2 Å². The van der Waals surface area contributed by atoms with E-state index >= 15 is 0 Å². The van der Waals surface area contributed by atoms with Crippen LogP contribution in [0.1, 0.15) is 51.0 Å². The molecule has 0 spiro atoms. The van der Waals surface area contributed by atoms with Crippen LogP contribution in [0.5, 0.6) is 0 Å². The number of nitrogens with one attached hydrogen (secondary N) is 1. The Hall–Kier alpha value is -1.35. The van der Waals surface area contributed by atoms with Crippen LogP contribution in [0, 0.1) is 14.9 Å². The van der Waals surface area contributed by atoms with Gasteiger partial charge in [-0.05, 0) is 46.7 Å². The first-order chi connectivity index (χ1) is 10.7. The summed E-state index contributed by atoms with van der Waals surface area (Å²) >= 11 is 2.20. The van der Waals surface area contributed by atoms with E-state index in [2.05, 4.69) is 34.8 Å². The minimum atomic E-state index is -0.282. The third-order valence-electron chi connectivity index (χ3n) is 3.39. The van der Waals surface area contributed by atoms with Gasteiger partial charge in [0.2, 0.25) is 0 Å². The van der Waals surface area contributed by atoms with Gasteiger partial charge in [-0.25, -0.2) is 0 Å². The first kappa shape index (κ1) is 18.7. The number of unbranched alkanes of at least 4 members (excludes halogenated alkanes) is 5. The third-order valence-corrected chi connectivity index (χ3v) is 4.37. The van der Waals surface area contributed by atoms with Crippen molar-refractivity contribution in [1.82, 2.24) is 5.32 Å². The Morgan fingerprint density at radius 2 is 1.91 bits per heavy atom. The molecule has 1 amide bonds. The Kier molecular flexibility index (Phi) is 9.56. The van der Waals surface area contributed by atoms with Crippen molar-refractivity contribution in [3.8, 4) is 6.07 Å². The summed E-state index contributed by atoms with van der Waals surface area (Å²) in [4.78, 5) is 12.0. The summed E-state index contributed by atoms with van der Waals surface area (Å²) in [6.45, 7) is 2.83. The van der Waals surface area contributed by atoms with E-state index in [-0.39, 0.29) is 11.5 Å². The van der Waals surface area contributed by atoms with Crippen molar-refractivity contribution in [3.63, 3.8) is 0 Å². The standard InChI is InChI=1S/C18H23IN2O/c1-2-3-4-5-6-9-12-21-18(22)16(14-20)13-15-10-7-8-11-17(15)19/h7-8,10-11,13H,2-6,9,12H2,1H3,(H,21,22). The monoisotopic (exact) mass is 410 g/mol. The topological polar surface area (TPSA) is 52.9 Å². The lowest BCUT2D eigenvalue weighted by atomic mass is 10.1. The van der Waals surface area contributed by atoms with E-state index in [1.165, 1.54) is 25.7 Å². The number of amides is 1. The quantitative estimate of drug-likeness (QED) is 0.278. The fourth-order valence-electron chi connectivity index (χ4n) is 2.10. The molecule has 0 heterocycles. The minimum Gasteiger partial charge on any atom is -0.351 e. The van der Waals surface area contributed by atoms with Gasteiger partial charge in [-0.15, -0.1) is 0 Å². The van der Waals surface area contributed by atoms with Crippen molar-refractivity contribution in [2.24, 2.45) is 0 Å². The van der Waals surface area contributed by atoms with Crippen LogP contribution in [0.2, 0.25) is 0 Å². The van der Waals surface area contributed by atoms with Gasteiger partial charge in [0, 0.05) is 10.1 Å². The molecule has 1 rings (SSSR count). The molecule has 1 aromatic carbocycles. The molecule has 0 unspecified atom stereocenters. The van der Waals surface area contributed by atoms with Gasteiger partial charge in [-0.3, -0.25) is 4.79 Å². The molecule has 0 fully saturated rings. The lowest BCUT2D eigenvalue weighted by molar-refractivity contribution is -0.117. The summed E-state index contributed by atoms with van der Waals surface area (Å²) in [5.41, 5.74) is 1.06. The minimum absolute atomic E-state index is 0.162. The van der Waals surface area contributed by atoms with Crippen molar-refractivity contribution < 1.29 is 4.79 Å². The maximum Gasteiger partial charge on any atom is 0.261 e. The fourth-order valence-corrected chi connectivity index (χ4v) is 2.64. The first-order valence-electron chi connectivity index (χ1n) is 7.83. The Morgan fingerprint density at radius 1 is 1.23 bits per heavy atom. The molecule has 1 N–H and O–H groups in total. The Bertz CT molecular complexity index is 546. The number of hydrogen-bond acceptors (Lipinski definition) is 2. The van der Waals surface area contributed by atoms with Gasteiger partial charge < -0.3 is 5.32 Å². The van der Waals surface area contributed by atoms with Gasteiger partial charge >= 0.3 is 0 Å². The summed E-state index contributed by atoms with van der Waals surface area (Å²) in [5, 5.41) is 12.0. The predicted molar refractivity (Wildman–Crippen MR) is 99.1 cm³/mol. The molecule has 1 aromatic rings. The zero-order valence-corrected chi connectivity index (χ0v) is 15.2. The van der Waals surface area contributed by atoms with Gasteiger partial charge in [0.25, 0.3) is 5.91 Å². The molecule has 3 nitrogen and oxygen atoms in total. The highest BCUT2D eigenvalue weighted by atomic mass is 127. The van der Waals surface area contributed by atoms with Gasteiger partial charge in [-0.2, -0.15) is 5.26 Å². The van der Waals surface area contributed by atoms with Crippen molar-refractivity contribution in [1.29, 1.82) is 5.26 Å². The molecule has 0 radical (unpaired) electrons. The molecule has 0 saturated heterocycles. The highest BCUT2D eigenvalue weighted by Crippen LogP contribution is 2.15. The van der Waals surface area contributed by atoms with Crippen LogP contribution in [-0.4, -0.2) is 12.5 Å². The largest absolute Gasteiger partial charge is 0.351 e. The van der Waals surface area contributed by atoms with Crippen molar-refractivity contribution in [3.05, 3.63) is 39.0 Å². The number of carbonyl (C=O) groups excluding carboxylic acids is 1. The molecular formula is C18H23IN2O. The van der Waals surface area contributed by atoms with Gasteiger partial charge in [0.15, 0.2) is 0 Å². The van der Waals surface area contributed by atoms with E-state index < -0.39 is 0 Å². The van der Waals surface area contributed by atoms with Crippen molar-refractivity contribution >= 4 is 34.6 Å². The number of rotatable bonds is 9. The van der Waals surface area contributed by atoms with E-state index in [0.29, 0.717) is 6.54 Å². The summed E-state index contributed by atoms with van der Waals surface area (Å²) in [6, 6.07) is 9.68. The molecule has 0 aliphatic carbocycles. The maximum absolute atomic E-state index is 12.0. The third kappa shape index (κ3) is 7.08. The van der Waals surface area contributed by atoms with Crippen LogP contribution in [0.3, 0.4) is 0 Å². The SMILES string of the molecule is CCCCCCCCNC(=O)C(C#N)=Cc1ccccc1I. The summed E-state index contributed by atoms with van der Waals surface area (Å²) in [6.07, 6.45) is 8.75. The maximum atomic E-state index is 12.0. The summed E-state index contributed by atoms with van der Waals surface area (Å²) in [7, 11) is 0. The fraction of sp³-hybridized carbons (Fsp3) is 0.444. The molecular weight excluding hydrogens is 387 g/mol. The second kappa shape index (κ2) is 11.2. The zero-order chi connectivity index (χ0) is 16.2. The molecule has 0 aromatic heterocycles. The number of nitrogens with zero attached hydrogens (tertiary/aromatic N) is 1. The summed E-state index contributed by atoms with van der Waals surface area (Å²) < 4.78 is 1.02. The normalized spacial score (nSPS) is 11.0. The van der Waals surface area contributed by atoms with Crippen LogP contribution in [-0.2, 0) is 4.79 Å². The molecule has 0 aliphatic heterocycles. The Labute approximate surface area is 146 Å². The average molecular weight is 410 g/mol. The second-order valence-corrected chi connectivity index (χ2v) is 6.38. The molecule has 0 atom stereocenters. The number of nitriles is 1.